The number of rotatable bonds is 5. The van der Waals surface area contributed by atoms with Gasteiger partial charge in [-0.15, -0.1) is 0 Å². The van der Waals surface area contributed by atoms with E-state index in [0.717, 1.165) is 11.3 Å². The van der Waals surface area contributed by atoms with Crippen LogP contribution in [0.15, 0.2) is 24.3 Å². The molecule has 0 aliphatic carbocycles. The van der Waals surface area contributed by atoms with E-state index in [0.29, 0.717) is 6.42 Å². The van der Waals surface area contributed by atoms with Crippen molar-refractivity contribution in [3.05, 3.63) is 29.8 Å². The first-order valence-corrected chi connectivity index (χ1v) is 5.62. The molecule has 0 aromatic heterocycles. The van der Waals surface area contributed by atoms with Gasteiger partial charge < -0.3 is 15.2 Å². The van der Waals surface area contributed by atoms with Gasteiger partial charge in [-0.25, -0.2) is 0 Å². The van der Waals surface area contributed by atoms with Crippen LogP contribution >= 0.6 is 0 Å². The van der Waals surface area contributed by atoms with Gasteiger partial charge in [-0.2, -0.15) is 0 Å². The van der Waals surface area contributed by atoms with E-state index in [2.05, 4.69) is 4.74 Å². The summed E-state index contributed by atoms with van der Waals surface area (Å²) in [5, 5.41) is 0. The van der Waals surface area contributed by atoms with Crippen LogP contribution in [0.25, 0.3) is 0 Å². The summed E-state index contributed by atoms with van der Waals surface area (Å²) >= 11 is 0. The molecule has 0 saturated heterocycles. The zero-order chi connectivity index (χ0) is 12.8. The summed E-state index contributed by atoms with van der Waals surface area (Å²) < 4.78 is 10.1. The van der Waals surface area contributed by atoms with E-state index in [1.54, 1.807) is 0 Å². The third-order valence-corrected chi connectivity index (χ3v) is 2.25. The lowest BCUT2D eigenvalue weighted by Gasteiger charge is -2.11. The molecule has 1 unspecified atom stereocenters. The molecule has 4 heteroatoms. The van der Waals surface area contributed by atoms with Gasteiger partial charge >= 0.3 is 5.97 Å². The minimum atomic E-state index is -0.614. The fourth-order valence-corrected chi connectivity index (χ4v) is 1.46. The van der Waals surface area contributed by atoms with Gasteiger partial charge in [-0.3, -0.25) is 4.79 Å². The summed E-state index contributed by atoms with van der Waals surface area (Å²) in [4.78, 5) is 11.2. The standard InChI is InChI=1S/C13H19NO3/c1-9(2)17-11-6-4-10(5-7-11)8-12(14)13(15)16-3/h4-7,9,12H,8,14H2,1-3H3. The molecule has 0 radical (unpaired) electrons. The van der Waals surface area contributed by atoms with Crippen molar-refractivity contribution in [1.29, 1.82) is 0 Å². The van der Waals surface area contributed by atoms with E-state index in [4.69, 9.17) is 10.5 Å². The zero-order valence-corrected chi connectivity index (χ0v) is 10.5. The second-order valence-corrected chi connectivity index (χ2v) is 4.14. The molecule has 0 bridgehead atoms. The van der Waals surface area contributed by atoms with E-state index < -0.39 is 12.0 Å². The highest BCUT2D eigenvalue weighted by Crippen LogP contribution is 2.14. The molecule has 0 aliphatic rings. The van der Waals surface area contributed by atoms with Crippen LogP contribution < -0.4 is 10.5 Å². The van der Waals surface area contributed by atoms with Crippen LogP contribution in [-0.2, 0) is 16.0 Å². The van der Waals surface area contributed by atoms with Crippen LogP contribution in [0.2, 0.25) is 0 Å². The highest BCUT2D eigenvalue weighted by atomic mass is 16.5. The highest BCUT2D eigenvalue weighted by molar-refractivity contribution is 5.75. The number of hydrogen-bond donors (Lipinski definition) is 1. The van der Waals surface area contributed by atoms with E-state index in [-0.39, 0.29) is 6.10 Å². The minimum absolute atomic E-state index is 0.151. The Labute approximate surface area is 102 Å². The van der Waals surface area contributed by atoms with Crippen molar-refractivity contribution in [2.24, 2.45) is 5.73 Å². The Balaban J connectivity index is 2.59. The van der Waals surface area contributed by atoms with Crippen LogP contribution in [0.5, 0.6) is 5.75 Å². The minimum Gasteiger partial charge on any atom is -0.491 e. The first kappa shape index (κ1) is 13.5. The summed E-state index contributed by atoms with van der Waals surface area (Å²) in [6, 6.07) is 6.94. The molecule has 4 nitrogen and oxygen atoms in total. The molecule has 94 valence electrons. The van der Waals surface area contributed by atoms with Crippen LogP contribution in [-0.4, -0.2) is 25.2 Å². The van der Waals surface area contributed by atoms with Gasteiger partial charge in [0, 0.05) is 0 Å². The van der Waals surface area contributed by atoms with Gasteiger partial charge in [0.15, 0.2) is 0 Å². The number of methoxy groups -OCH3 is 1. The molecule has 1 aromatic carbocycles. The Bertz CT molecular complexity index is 359. The molecule has 0 saturated carbocycles. The van der Waals surface area contributed by atoms with Crippen molar-refractivity contribution in [3.8, 4) is 5.75 Å². The number of hydrogen-bond acceptors (Lipinski definition) is 4. The Hall–Kier alpha value is -1.55. The number of nitrogens with two attached hydrogens (primary N) is 1. The van der Waals surface area contributed by atoms with Gasteiger partial charge in [-0.05, 0) is 38.0 Å². The van der Waals surface area contributed by atoms with Crippen LogP contribution in [0.1, 0.15) is 19.4 Å². The van der Waals surface area contributed by atoms with E-state index in [1.807, 2.05) is 38.1 Å². The Morgan fingerprint density at radius 2 is 1.88 bits per heavy atom. The Morgan fingerprint density at radius 3 is 2.35 bits per heavy atom. The van der Waals surface area contributed by atoms with Crippen molar-refractivity contribution >= 4 is 5.97 Å². The smallest absolute Gasteiger partial charge is 0.322 e. The molecule has 2 N–H and O–H groups in total. The fourth-order valence-electron chi connectivity index (χ4n) is 1.46. The molecule has 0 spiro atoms. The van der Waals surface area contributed by atoms with Crippen LogP contribution in [0.3, 0.4) is 0 Å². The summed E-state index contributed by atoms with van der Waals surface area (Å²) in [7, 11) is 1.34. The van der Waals surface area contributed by atoms with E-state index >= 15 is 0 Å². The molecule has 1 rings (SSSR count). The van der Waals surface area contributed by atoms with E-state index in [9.17, 15) is 4.79 Å². The van der Waals surface area contributed by atoms with Crippen LogP contribution in [0.4, 0.5) is 0 Å². The predicted octanol–water partition coefficient (Wildman–Crippen LogP) is 1.52. The Morgan fingerprint density at radius 1 is 1.29 bits per heavy atom. The second-order valence-electron chi connectivity index (χ2n) is 4.14. The number of carbonyl (C=O) groups excluding carboxylic acids is 1. The normalized spacial score (nSPS) is 12.3. The lowest BCUT2D eigenvalue weighted by Crippen LogP contribution is -2.33. The molecular weight excluding hydrogens is 218 g/mol. The average molecular weight is 237 g/mol. The second kappa shape index (κ2) is 6.25. The summed E-state index contributed by atoms with van der Waals surface area (Å²) in [5.41, 5.74) is 6.66. The van der Waals surface area contributed by atoms with Crippen molar-refractivity contribution in [2.75, 3.05) is 7.11 Å². The van der Waals surface area contributed by atoms with Crippen molar-refractivity contribution < 1.29 is 14.3 Å². The Kier molecular flexibility index (Phi) is 4.97. The van der Waals surface area contributed by atoms with Gasteiger partial charge in [0.05, 0.1) is 13.2 Å². The van der Waals surface area contributed by atoms with Gasteiger partial charge in [0.25, 0.3) is 0 Å². The maximum atomic E-state index is 11.2. The van der Waals surface area contributed by atoms with E-state index in [1.165, 1.54) is 7.11 Å². The third kappa shape index (κ3) is 4.44. The molecule has 1 aromatic rings. The topological polar surface area (TPSA) is 61.5 Å². The van der Waals surface area contributed by atoms with Crippen LogP contribution in [0, 0.1) is 0 Å². The number of carbonyl (C=O) groups is 1. The van der Waals surface area contributed by atoms with Gasteiger partial charge in [0.2, 0.25) is 0 Å². The van der Waals surface area contributed by atoms with Crippen molar-refractivity contribution in [2.45, 2.75) is 32.4 Å². The molecule has 0 heterocycles. The molecule has 0 fully saturated rings. The zero-order valence-electron chi connectivity index (χ0n) is 10.5. The highest BCUT2D eigenvalue weighted by Gasteiger charge is 2.13. The number of esters is 1. The van der Waals surface area contributed by atoms with Crippen molar-refractivity contribution in [1.82, 2.24) is 0 Å². The summed E-state index contributed by atoms with van der Waals surface area (Å²) in [5.74, 6) is 0.419. The van der Waals surface area contributed by atoms with Gasteiger partial charge in [0.1, 0.15) is 11.8 Å². The largest absolute Gasteiger partial charge is 0.491 e. The maximum absolute atomic E-state index is 11.2. The first-order chi connectivity index (χ1) is 8.02. The average Bonchev–Trinajstić information content (AvgIpc) is 2.30. The summed E-state index contributed by atoms with van der Waals surface area (Å²) in [6.07, 6.45) is 0.618. The molecule has 17 heavy (non-hydrogen) atoms. The number of ether oxygens (including phenoxy) is 2. The summed E-state index contributed by atoms with van der Waals surface area (Å²) in [6.45, 7) is 3.95. The van der Waals surface area contributed by atoms with Crippen molar-refractivity contribution in [3.63, 3.8) is 0 Å². The monoisotopic (exact) mass is 237 g/mol. The maximum Gasteiger partial charge on any atom is 0.322 e. The quantitative estimate of drug-likeness (QED) is 0.789. The lowest BCUT2D eigenvalue weighted by atomic mass is 10.1. The molecule has 0 aliphatic heterocycles. The number of benzene rings is 1. The predicted molar refractivity (Wildman–Crippen MR) is 65.9 cm³/mol. The lowest BCUT2D eigenvalue weighted by molar-refractivity contribution is -0.142. The molecule has 1 atom stereocenters. The fraction of sp³-hybridized carbons (Fsp3) is 0.462. The molecule has 0 amide bonds. The van der Waals surface area contributed by atoms with Gasteiger partial charge in [-0.1, -0.05) is 12.1 Å². The third-order valence-electron chi connectivity index (χ3n) is 2.25. The first-order valence-electron chi connectivity index (χ1n) is 5.62. The SMILES string of the molecule is COC(=O)C(N)Cc1ccc(OC(C)C)cc1. The molecular formula is C13H19NO3.